The second-order valence-electron chi connectivity index (χ2n) is 5.21. The molecule has 22 heavy (non-hydrogen) atoms. The van der Waals surface area contributed by atoms with E-state index in [1.807, 2.05) is 12.1 Å². The van der Waals surface area contributed by atoms with E-state index in [4.69, 9.17) is 0 Å². The van der Waals surface area contributed by atoms with Crippen molar-refractivity contribution in [2.24, 2.45) is 0 Å². The van der Waals surface area contributed by atoms with Gasteiger partial charge in [-0.2, -0.15) is 0 Å². The molecule has 0 saturated carbocycles. The van der Waals surface area contributed by atoms with Crippen LogP contribution in [0.5, 0.6) is 0 Å². The van der Waals surface area contributed by atoms with Crippen LogP contribution in [0.15, 0.2) is 24.3 Å². The van der Waals surface area contributed by atoms with Gasteiger partial charge in [-0.05, 0) is 17.7 Å². The Morgan fingerprint density at radius 2 is 1.95 bits per heavy atom. The van der Waals surface area contributed by atoms with Crippen LogP contribution in [0.2, 0.25) is 0 Å². The highest BCUT2D eigenvalue weighted by molar-refractivity contribution is 8.13. The van der Waals surface area contributed by atoms with E-state index < -0.39 is 0 Å². The van der Waals surface area contributed by atoms with Gasteiger partial charge in [0, 0.05) is 38.5 Å². The molecule has 0 aromatic heterocycles. The quantitative estimate of drug-likeness (QED) is 0.884. The maximum Gasteiger partial charge on any atom is 0.282 e. The average Bonchev–Trinajstić information content (AvgIpc) is 2.90. The van der Waals surface area contributed by atoms with Crippen molar-refractivity contribution in [3.8, 4) is 0 Å². The van der Waals surface area contributed by atoms with Crippen molar-refractivity contribution in [2.45, 2.75) is 6.54 Å². The number of hydrogen-bond donors (Lipinski definition) is 1. The van der Waals surface area contributed by atoms with Crippen LogP contribution in [0.3, 0.4) is 0 Å². The maximum atomic E-state index is 11.8. The number of carbonyl (C=O) groups excluding carboxylic acids is 3. The maximum absolute atomic E-state index is 11.8. The summed E-state index contributed by atoms with van der Waals surface area (Å²) in [6.07, 6.45) is 0. The number of benzene rings is 1. The Kier molecular flexibility index (Phi) is 5.43. The molecule has 1 N–H and O–H groups in total. The fourth-order valence-corrected chi connectivity index (χ4v) is 2.85. The van der Waals surface area contributed by atoms with Crippen LogP contribution in [0.1, 0.15) is 15.9 Å². The lowest BCUT2D eigenvalue weighted by Gasteiger charge is -2.14. The Morgan fingerprint density at radius 1 is 1.27 bits per heavy atom. The summed E-state index contributed by atoms with van der Waals surface area (Å²) in [5, 5.41) is 2.74. The van der Waals surface area contributed by atoms with Gasteiger partial charge in [0.2, 0.25) is 5.91 Å². The number of carbonyl (C=O) groups is 3. The molecule has 1 aromatic carbocycles. The first-order valence-electron chi connectivity index (χ1n) is 6.96. The predicted molar refractivity (Wildman–Crippen MR) is 85.7 cm³/mol. The van der Waals surface area contributed by atoms with Gasteiger partial charge >= 0.3 is 0 Å². The lowest BCUT2D eigenvalue weighted by Crippen LogP contribution is -2.36. The molecule has 7 heteroatoms. The summed E-state index contributed by atoms with van der Waals surface area (Å²) in [7, 11) is 3.41. The molecule has 1 saturated heterocycles. The zero-order valence-electron chi connectivity index (χ0n) is 12.7. The SMILES string of the molecule is CN(C)C(=O)c1ccc(CNC(=O)CN2CCSC2=O)cc1. The van der Waals surface area contributed by atoms with Crippen molar-refractivity contribution in [1.82, 2.24) is 15.1 Å². The normalized spacial score (nSPS) is 14.1. The fourth-order valence-electron chi connectivity index (χ4n) is 2.02. The molecule has 6 nitrogen and oxygen atoms in total. The van der Waals surface area contributed by atoms with E-state index >= 15 is 0 Å². The van der Waals surface area contributed by atoms with Crippen LogP contribution < -0.4 is 5.32 Å². The molecule has 1 heterocycles. The fraction of sp³-hybridized carbons (Fsp3) is 0.400. The van der Waals surface area contributed by atoms with E-state index in [0.29, 0.717) is 18.7 Å². The van der Waals surface area contributed by atoms with Gasteiger partial charge in [-0.15, -0.1) is 0 Å². The summed E-state index contributed by atoms with van der Waals surface area (Å²) in [4.78, 5) is 38.0. The zero-order valence-corrected chi connectivity index (χ0v) is 13.5. The molecule has 1 aliphatic heterocycles. The van der Waals surface area contributed by atoms with Crippen molar-refractivity contribution in [3.63, 3.8) is 0 Å². The van der Waals surface area contributed by atoms with Gasteiger partial charge in [-0.3, -0.25) is 14.4 Å². The van der Waals surface area contributed by atoms with E-state index in [-0.39, 0.29) is 23.6 Å². The first-order chi connectivity index (χ1) is 10.5. The molecule has 118 valence electrons. The highest BCUT2D eigenvalue weighted by atomic mass is 32.2. The van der Waals surface area contributed by atoms with Gasteiger partial charge in [-0.25, -0.2) is 0 Å². The third-order valence-corrected chi connectivity index (χ3v) is 4.17. The van der Waals surface area contributed by atoms with Crippen LogP contribution in [-0.2, 0) is 11.3 Å². The molecule has 0 atom stereocenters. The van der Waals surface area contributed by atoms with Crippen molar-refractivity contribution in [1.29, 1.82) is 0 Å². The molecule has 1 aliphatic rings. The highest BCUT2D eigenvalue weighted by Crippen LogP contribution is 2.16. The third kappa shape index (κ3) is 4.24. The Morgan fingerprint density at radius 3 is 2.50 bits per heavy atom. The van der Waals surface area contributed by atoms with Crippen LogP contribution in [0.4, 0.5) is 4.79 Å². The Bertz CT molecular complexity index is 572. The minimum Gasteiger partial charge on any atom is -0.350 e. The average molecular weight is 321 g/mol. The largest absolute Gasteiger partial charge is 0.350 e. The number of thioether (sulfide) groups is 1. The minimum atomic E-state index is -0.177. The number of amides is 3. The van der Waals surface area contributed by atoms with E-state index in [9.17, 15) is 14.4 Å². The minimum absolute atomic E-state index is 0.0401. The summed E-state index contributed by atoms with van der Waals surface area (Å²) in [5.41, 5.74) is 1.52. The van der Waals surface area contributed by atoms with Gasteiger partial charge < -0.3 is 15.1 Å². The molecule has 0 aliphatic carbocycles. The molecule has 0 spiro atoms. The van der Waals surface area contributed by atoms with E-state index in [1.54, 1.807) is 31.1 Å². The van der Waals surface area contributed by atoms with Crippen LogP contribution in [0, 0.1) is 0 Å². The highest BCUT2D eigenvalue weighted by Gasteiger charge is 2.22. The van der Waals surface area contributed by atoms with Crippen LogP contribution in [0.25, 0.3) is 0 Å². The molecular formula is C15H19N3O3S. The van der Waals surface area contributed by atoms with Crippen molar-refractivity contribution in [3.05, 3.63) is 35.4 Å². The summed E-state index contributed by atoms with van der Waals surface area (Å²) in [6.45, 7) is 1.10. The second-order valence-corrected chi connectivity index (χ2v) is 6.26. The Labute approximate surface area is 133 Å². The Balaban J connectivity index is 1.82. The number of hydrogen-bond acceptors (Lipinski definition) is 4. The van der Waals surface area contributed by atoms with Crippen molar-refractivity contribution in [2.75, 3.05) is 32.9 Å². The third-order valence-electron chi connectivity index (χ3n) is 3.28. The monoisotopic (exact) mass is 321 g/mol. The van der Waals surface area contributed by atoms with Crippen molar-refractivity contribution < 1.29 is 14.4 Å². The van der Waals surface area contributed by atoms with Gasteiger partial charge in [0.05, 0.1) is 0 Å². The number of nitrogens with zero attached hydrogens (tertiary/aromatic N) is 2. The van der Waals surface area contributed by atoms with E-state index in [0.717, 1.165) is 11.3 Å². The first-order valence-corrected chi connectivity index (χ1v) is 7.95. The van der Waals surface area contributed by atoms with Crippen molar-refractivity contribution >= 4 is 28.8 Å². The first kappa shape index (κ1) is 16.4. The topological polar surface area (TPSA) is 69.7 Å². The van der Waals surface area contributed by atoms with E-state index in [2.05, 4.69) is 5.32 Å². The van der Waals surface area contributed by atoms with E-state index in [1.165, 1.54) is 16.7 Å². The zero-order chi connectivity index (χ0) is 16.1. The lowest BCUT2D eigenvalue weighted by molar-refractivity contribution is -0.121. The molecule has 0 unspecified atom stereocenters. The summed E-state index contributed by atoms with van der Waals surface area (Å²) >= 11 is 1.24. The van der Waals surface area contributed by atoms with Gasteiger partial charge in [0.25, 0.3) is 11.1 Å². The lowest BCUT2D eigenvalue weighted by atomic mass is 10.1. The summed E-state index contributed by atoms with van der Waals surface area (Å²) < 4.78 is 0. The number of rotatable bonds is 5. The summed E-state index contributed by atoms with van der Waals surface area (Å²) in [5.74, 6) is 0.512. The summed E-state index contributed by atoms with van der Waals surface area (Å²) in [6, 6.07) is 7.11. The smallest absolute Gasteiger partial charge is 0.282 e. The predicted octanol–water partition coefficient (Wildman–Crippen LogP) is 1.17. The van der Waals surface area contributed by atoms with Crippen LogP contribution >= 0.6 is 11.8 Å². The Hall–Kier alpha value is -2.02. The molecule has 2 rings (SSSR count). The molecule has 0 radical (unpaired) electrons. The molecular weight excluding hydrogens is 302 g/mol. The van der Waals surface area contributed by atoms with Gasteiger partial charge in [0.1, 0.15) is 6.54 Å². The standard InChI is InChI=1S/C15H19N3O3S/c1-17(2)14(20)12-5-3-11(4-6-12)9-16-13(19)10-18-7-8-22-15(18)21/h3-6H,7-10H2,1-2H3,(H,16,19). The molecule has 0 bridgehead atoms. The van der Waals surface area contributed by atoms with Crippen LogP contribution in [-0.4, -0.2) is 59.8 Å². The second kappa shape index (κ2) is 7.31. The number of nitrogens with one attached hydrogen (secondary N) is 1. The van der Waals surface area contributed by atoms with Gasteiger partial charge in [-0.1, -0.05) is 23.9 Å². The molecule has 1 fully saturated rings. The molecule has 3 amide bonds. The van der Waals surface area contributed by atoms with Gasteiger partial charge in [0.15, 0.2) is 0 Å². The molecule has 1 aromatic rings.